The van der Waals surface area contributed by atoms with Crippen molar-refractivity contribution < 1.29 is 0 Å². The standard InChI is InChI=1S/C13H21NS2/c1-2-3-6-14-13(15)16-9-12-8-10-4-5-11(12)7-10/h4-5,10-12H,2-3,6-9H2,1H3,(H,14,15). The van der Waals surface area contributed by atoms with Gasteiger partial charge >= 0.3 is 0 Å². The molecule has 2 rings (SSSR count). The lowest BCUT2D eigenvalue weighted by Gasteiger charge is -2.17. The molecule has 0 spiro atoms. The van der Waals surface area contributed by atoms with E-state index in [-0.39, 0.29) is 0 Å². The molecular weight excluding hydrogens is 234 g/mol. The number of hydrogen-bond acceptors (Lipinski definition) is 2. The van der Waals surface area contributed by atoms with Crippen molar-refractivity contribution in [2.45, 2.75) is 32.6 Å². The van der Waals surface area contributed by atoms with Gasteiger partial charge in [0.05, 0.1) is 0 Å². The van der Waals surface area contributed by atoms with Crippen LogP contribution in [0, 0.1) is 17.8 Å². The summed E-state index contributed by atoms with van der Waals surface area (Å²) in [7, 11) is 0. The Morgan fingerprint density at radius 1 is 1.44 bits per heavy atom. The lowest BCUT2D eigenvalue weighted by molar-refractivity contribution is 0.503. The molecule has 3 heteroatoms. The van der Waals surface area contributed by atoms with Crippen LogP contribution in [0.25, 0.3) is 0 Å². The van der Waals surface area contributed by atoms with Crippen LogP contribution >= 0.6 is 24.0 Å². The van der Waals surface area contributed by atoms with E-state index in [0.29, 0.717) is 0 Å². The average molecular weight is 255 g/mol. The number of unbranched alkanes of at least 4 members (excludes halogenated alkanes) is 1. The quantitative estimate of drug-likeness (QED) is 0.458. The number of thioether (sulfide) groups is 1. The minimum Gasteiger partial charge on any atom is -0.371 e. The molecule has 2 bridgehead atoms. The summed E-state index contributed by atoms with van der Waals surface area (Å²) >= 11 is 7.17. The van der Waals surface area contributed by atoms with Crippen LogP contribution in [0.5, 0.6) is 0 Å². The summed E-state index contributed by atoms with van der Waals surface area (Å²) < 4.78 is 1.00. The maximum absolute atomic E-state index is 5.32. The molecule has 90 valence electrons. The van der Waals surface area contributed by atoms with E-state index in [1.54, 1.807) is 0 Å². The Labute approximate surface area is 108 Å². The highest BCUT2D eigenvalue weighted by Gasteiger charge is 2.35. The number of rotatable bonds is 5. The molecule has 0 aromatic rings. The summed E-state index contributed by atoms with van der Waals surface area (Å²) in [5.41, 5.74) is 0. The summed E-state index contributed by atoms with van der Waals surface area (Å²) in [5.74, 6) is 3.84. The van der Waals surface area contributed by atoms with Crippen molar-refractivity contribution in [2.24, 2.45) is 17.8 Å². The molecule has 0 radical (unpaired) electrons. The van der Waals surface area contributed by atoms with Crippen LogP contribution in [0.15, 0.2) is 12.2 Å². The van der Waals surface area contributed by atoms with E-state index in [1.807, 2.05) is 11.8 Å². The Bertz CT molecular complexity index is 275. The van der Waals surface area contributed by atoms with E-state index in [9.17, 15) is 0 Å². The van der Waals surface area contributed by atoms with Gasteiger partial charge in [0.25, 0.3) is 0 Å². The number of fused-ring (bicyclic) bond motifs is 2. The van der Waals surface area contributed by atoms with E-state index in [0.717, 1.165) is 28.6 Å². The summed E-state index contributed by atoms with van der Waals surface area (Å²) in [6.07, 6.45) is 10.1. The molecular formula is C13H21NS2. The minimum absolute atomic E-state index is 0.857. The second-order valence-corrected chi connectivity index (χ2v) is 6.62. The van der Waals surface area contributed by atoms with Gasteiger partial charge in [-0.25, -0.2) is 0 Å². The van der Waals surface area contributed by atoms with E-state index in [1.165, 1.54) is 31.4 Å². The fraction of sp³-hybridized carbons (Fsp3) is 0.769. The van der Waals surface area contributed by atoms with Crippen molar-refractivity contribution in [3.05, 3.63) is 12.2 Å². The Morgan fingerprint density at radius 2 is 2.31 bits per heavy atom. The van der Waals surface area contributed by atoms with Gasteiger partial charge in [-0.1, -0.05) is 49.5 Å². The van der Waals surface area contributed by atoms with Crippen LogP contribution in [0.4, 0.5) is 0 Å². The monoisotopic (exact) mass is 255 g/mol. The highest BCUT2D eigenvalue weighted by Crippen LogP contribution is 2.44. The number of hydrogen-bond donors (Lipinski definition) is 1. The minimum atomic E-state index is 0.857. The lowest BCUT2D eigenvalue weighted by Crippen LogP contribution is -2.21. The SMILES string of the molecule is CCCCNC(=S)SCC1CC2C=CC1C2. The lowest BCUT2D eigenvalue weighted by atomic mass is 9.96. The third kappa shape index (κ3) is 3.24. The van der Waals surface area contributed by atoms with Gasteiger partial charge < -0.3 is 5.32 Å². The zero-order chi connectivity index (χ0) is 11.4. The maximum Gasteiger partial charge on any atom is 0.133 e. The molecule has 3 atom stereocenters. The molecule has 1 nitrogen and oxygen atoms in total. The Morgan fingerprint density at radius 3 is 2.94 bits per heavy atom. The highest BCUT2D eigenvalue weighted by molar-refractivity contribution is 8.22. The van der Waals surface area contributed by atoms with Crippen LogP contribution in [0.3, 0.4) is 0 Å². The number of nitrogens with one attached hydrogen (secondary N) is 1. The molecule has 0 aliphatic heterocycles. The zero-order valence-corrected chi connectivity index (χ0v) is 11.6. The average Bonchev–Trinajstić information content (AvgIpc) is 2.88. The van der Waals surface area contributed by atoms with Gasteiger partial charge in [0.1, 0.15) is 4.32 Å². The Kier molecular flexibility index (Phi) is 4.71. The molecule has 0 saturated heterocycles. The van der Waals surface area contributed by atoms with Gasteiger partial charge in [-0.2, -0.15) is 0 Å². The first-order valence-electron chi connectivity index (χ1n) is 6.38. The molecule has 2 aliphatic rings. The van der Waals surface area contributed by atoms with Gasteiger partial charge in [0.2, 0.25) is 0 Å². The van der Waals surface area contributed by atoms with Gasteiger partial charge in [-0.05, 0) is 37.0 Å². The van der Waals surface area contributed by atoms with E-state index >= 15 is 0 Å². The van der Waals surface area contributed by atoms with E-state index in [4.69, 9.17) is 12.2 Å². The van der Waals surface area contributed by atoms with Gasteiger partial charge in [0.15, 0.2) is 0 Å². The van der Waals surface area contributed by atoms with Gasteiger partial charge in [0, 0.05) is 12.3 Å². The first-order chi connectivity index (χ1) is 7.79. The fourth-order valence-corrected chi connectivity index (χ4v) is 3.95. The predicted octanol–water partition coefficient (Wildman–Crippen LogP) is 3.61. The molecule has 0 aromatic carbocycles. The smallest absolute Gasteiger partial charge is 0.133 e. The van der Waals surface area contributed by atoms with Crippen molar-refractivity contribution >= 4 is 28.3 Å². The van der Waals surface area contributed by atoms with Gasteiger partial charge in [-0.3, -0.25) is 0 Å². The molecule has 1 N–H and O–H groups in total. The predicted molar refractivity (Wildman–Crippen MR) is 76.8 cm³/mol. The van der Waals surface area contributed by atoms with Crippen molar-refractivity contribution in [1.29, 1.82) is 0 Å². The summed E-state index contributed by atoms with van der Waals surface area (Å²) in [4.78, 5) is 0. The van der Waals surface area contributed by atoms with E-state index in [2.05, 4.69) is 24.4 Å². The second kappa shape index (κ2) is 6.06. The first kappa shape index (κ1) is 12.4. The molecule has 0 heterocycles. The molecule has 1 fully saturated rings. The Hall–Kier alpha value is -0.0200. The van der Waals surface area contributed by atoms with Crippen LogP contribution in [-0.4, -0.2) is 16.6 Å². The summed E-state index contributed by atoms with van der Waals surface area (Å²) in [5, 5.41) is 3.33. The molecule has 16 heavy (non-hydrogen) atoms. The molecule has 0 aromatic heterocycles. The zero-order valence-electron chi connectivity index (χ0n) is 9.95. The topological polar surface area (TPSA) is 12.0 Å². The summed E-state index contributed by atoms with van der Waals surface area (Å²) in [6.45, 7) is 3.25. The van der Waals surface area contributed by atoms with Crippen LogP contribution in [-0.2, 0) is 0 Å². The maximum atomic E-state index is 5.32. The molecule has 3 unspecified atom stereocenters. The molecule has 1 saturated carbocycles. The van der Waals surface area contributed by atoms with Crippen molar-refractivity contribution in [3.8, 4) is 0 Å². The number of allylic oxidation sites excluding steroid dienone is 2. The molecule has 0 amide bonds. The summed E-state index contributed by atoms with van der Waals surface area (Å²) in [6, 6.07) is 0. The van der Waals surface area contributed by atoms with Crippen LogP contribution < -0.4 is 5.32 Å². The Balaban J connectivity index is 1.61. The highest BCUT2D eigenvalue weighted by atomic mass is 32.2. The van der Waals surface area contributed by atoms with Crippen molar-refractivity contribution in [1.82, 2.24) is 5.32 Å². The third-order valence-corrected chi connectivity index (χ3v) is 5.14. The normalized spacial score (nSPS) is 30.9. The number of thiocarbonyl (C=S) groups is 1. The van der Waals surface area contributed by atoms with E-state index < -0.39 is 0 Å². The van der Waals surface area contributed by atoms with Crippen LogP contribution in [0.1, 0.15) is 32.6 Å². The fourth-order valence-electron chi connectivity index (χ4n) is 2.69. The van der Waals surface area contributed by atoms with Crippen molar-refractivity contribution in [2.75, 3.05) is 12.3 Å². The first-order valence-corrected chi connectivity index (χ1v) is 7.78. The third-order valence-electron chi connectivity index (χ3n) is 3.64. The van der Waals surface area contributed by atoms with Crippen LogP contribution in [0.2, 0.25) is 0 Å². The largest absolute Gasteiger partial charge is 0.371 e. The van der Waals surface area contributed by atoms with Crippen molar-refractivity contribution in [3.63, 3.8) is 0 Å². The van der Waals surface area contributed by atoms with Gasteiger partial charge in [-0.15, -0.1) is 0 Å². The molecule has 2 aliphatic carbocycles. The second-order valence-electron chi connectivity index (χ2n) is 4.92.